The number of benzene rings is 1. The number of carbonyl (C=O) groups is 2. The van der Waals surface area contributed by atoms with Gasteiger partial charge in [0.15, 0.2) is 24.0 Å². The Morgan fingerprint density at radius 1 is 1.24 bits per heavy atom. The maximum Gasteiger partial charge on any atom is 0.309 e. The number of esters is 1. The van der Waals surface area contributed by atoms with Gasteiger partial charge in [-0.25, -0.2) is 9.37 Å². The van der Waals surface area contributed by atoms with Crippen LogP contribution in [0.2, 0.25) is 10.0 Å². The summed E-state index contributed by atoms with van der Waals surface area (Å²) in [5, 5.41) is 2.86. The summed E-state index contributed by atoms with van der Waals surface area (Å²) in [6.45, 7) is -0.592. The average Bonchev–Trinajstić information content (AvgIpc) is 2.57. The van der Waals surface area contributed by atoms with Gasteiger partial charge < -0.3 is 14.8 Å². The Labute approximate surface area is 152 Å². The van der Waals surface area contributed by atoms with Gasteiger partial charge in [-0.05, 0) is 18.2 Å². The fourth-order valence-electron chi connectivity index (χ4n) is 1.70. The van der Waals surface area contributed by atoms with E-state index in [-0.39, 0.29) is 29.6 Å². The number of ether oxygens (including phenoxy) is 2. The molecule has 132 valence electrons. The molecule has 0 aliphatic rings. The minimum Gasteiger partial charge on any atom is -0.490 e. The predicted molar refractivity (Wildman–Crippen MR) is 90.4 cm³/mol. The summed E-state index contributed by atoms with van der Waals surface area (Å²) in [7, 11) is 0. The summed E-state index contributed by atoms with van der Waals surface area (Å²) in [5.74, 6) is -1.66. The van der Waals surface area contributed by atoms with Crippen molar-refractivity contribution in [1.82, 2.24) is 4.98 Å². The molecule has 0 aliphatic heterocycles. The zero-order valence-electron chi connectivity index (χ0n) is 12.8. The zero-order chi connectivity index (χ0) is 18.2. The number of hydrogen-bond donors (Lipinski definition) is 1. The second-order valence-electron chi connectivity index (χ2n) is 4.72. The molecule has 1 heterocycles. The summed E-state index contributed by atoms with van der Waals surface area (Å²) in [4.78, 5) is 27.1. The SMILES string of the molecule is O=C(COC(=O)CCOc1ccccc1F)Nc1ncc(Cl)cc1Cl. The van der Waals surface area contributed by atoms with Gasteiger partial charge in [0, 0.05) is 6.20 Å². The number of pyridine rings is 1. The molecule has 2 rings (SSSR count). The number of anilines is 1. The molecule has 0 spiro atoms. The highest BCUT2D eigenvalue weighted by molar-refractivity contribution is 6.36. The van der Waals surface area contributed by atoms with E-state index >= 15 is 0 Å². The predicted octanol–water partition coefficient (Wildman–Crippen LogP) is 3.48. The Hall–Kier alpha value is -2.38. The number of amides is 1. The van der Waals surface area contributed by atoms with E-state index < -0.39 is 24.3 Å². The molecule has 6 nitrogen and oxygen atoms in total. The van der Waals surface area contributed by atoms with Crippen LogP contribution < -0.4 is 10.1 Å². The normalized spacial score (nSPS) is 10.2. The molecule has 1 aromatic carbocycles. The van der Waals surface area contributed by atoms with Gasteiger partial charge in [0.25, 0.3) is 5.91 Å². The molecule has 9 heteroatoms. The van der Waals surface area contributed by atoms with Crippen molar-refractivity contribution in [1.29, 1.82) is 0 Å². The van der Waals surface area contributed by atoms with E-state index in [1.54, 1.807) is 6.07 Å². The van der Waals surface area contributed by atoms with Gasteiger partial charge in [0.1, 0.15) is 0 Å². The molecule has 2 aromatic rings. The molecule has 25 heavy (non-hydrogen) atoms. The lowest BCUT2D eigenvalue weighted by Gasteiger charge is -2.08. The van der Waals surface area contributed by atoms with Crippen molar-refractivity contribution in [3.63, 3.8) is 0 Å². The lowest BCUT2D eigenvalue weighted by atomic mass is 10.3. The quantitative estimate of drug-likeness (QED) is 0.737. The molecule has 0 unspecified atom stereocenters. The van der Waals surface area contributed by atoms with Crippen LogP contribution in [0.25, 0.3) is 0 Å². The second-order valence-corrected chi connectivity index (χ2v) is 5.57. The average molecular weight is 387 g/mol. The first kappa shape index (κ1) is 19.0. The molecule has 1 aromatic heterocycles. The second kappa shape index (κ2) is 9.19. The summed E-state index contributed by atoms with van der Waals surface area (Å²) >= 11 is 11.6. The Balaban J connectivity index is 1.70. The van der Waals surface area contributed by atoms with E-state index in [0.29, 0.717) is 5.02 Å². The number of para-hydroxylation sites is 1. The summed E-state index contributed by atoms with van der Waals surface area (Å²) in [6.07, 6.45) is 1.18. The highest BCUT2D eigenvalue weighted by atomic mass is 35.5. The molecule has 1 N–H and O–H groups in total. The molecule has 0 aliphatic carbocycles. The lowest BCUT2D eigenvalue weighted by molar-refractivity contribution is -0.147. The smallest absolute Gasteiger partial charge is 0.309 e. The van der Waals surface area contributed by atoms with E-state index in [2.05, 4.69) is 10.3 Å². The van der Waals surface area contributed by atoms with E-state index in [1.165, 1.54) is 30.5 Å². The molecular weight excluding hydrogens is 374 g/mol. The molecular formula is C16H13Cl2FN2O4. The lowest BCUT2D eigenvalue weighted by Crippen LogP contribution is -2.22. The molecule has 1 amide bonds. The van der Waals surface area contributed by atoms with Gasteiger partial charge in [0.05, 0.1) is 23.1 Å². The number of nitrogens with one attached hydrogen (secondary N) is 1. The number of rotatable bonds is 7. The monoisotopic (exact) mass is 386 g/mol. The molecule has 0 atom stereocenters. The first-order chi connectivity index (χ1) is 12.0. The van der Waals surface area contributed by atoms with Crippen molar-refractivity contribution in [2.24, 2.45) is 0 Å². The van der Waals surface area contributed by atoms with Crippen LogP contribution in [0.4, 0.5) is 10.2 Å². The third-order valence-corrected chi connectivity index (χ3v) is 3.33. The van der Waals surface area contributed by atoms with E-state index in [1.807, 2.05) is 0 Å². The highest BCUT2D eigenvalue weighted by Crippen LogP contribution is 2.22. The van der Waals surface area contributed by atoms with Crippen LogP contribution >= 0.6 is 23.2 Å². The fourth-order valence-corrected chi connectivity index (χ4v) is 2.13. The molecule has 0 fully saturated rings. The van der Waals surface area contributed by atoms with E-state index in [0.717, 1.165) is 0 Å². The minimum absolute atomic E-state index is 0.0384. The standard InChI is InChI=1S/C16H13Cl2FN2O4/c17-10-7-11(18)16(20-8-10)21-14(22)9-25-15(23)5-6-24-13-4-2-1-3-12(13)19/h1-4,7-8H,5-6,9H2,(H,20,21,22). The highest BCUT2D eigenvalue weighted by Gasteiger charge is 2.11. The Morgan fingerprint density at radius 2 is 2.00 bits per heavy atom. The first-order valence-electron chi connectivity index (χ1n) is 7.09. The summed E-state index contributed by atoms with van der Waals surface area (Å²) < 4.78 is 23.2. The zero-order valence-corrected chi connectivity index (χ0v) is 14.3. The van der Waals surface area contributed by atoms with Gasteiger partial charge >= 0.3 is 5.97 Å². The van der Waals surface area contributed by atoms with Gasteiger partial charge in [0.2, 0.25) is 0 Å². The van der Waals surface area contributed by atoms with Crippen LogP contribution in [0.5, 0.6) is 5.75 Å². The number of hydrogen-bond acceptors (Lipinski definition) is 5. The van der Waals surface area contributed by atoms with Crippen LogP contribution in [0.1, 0.15) is 6.42 Å². The molecule has 0 saturated heterocycles. The third-order valence-electron chi connectivity index (χ3n) is 2.83. The first-order valence-corrected chi connectivity index (χ1v) is 7.85. The number of aromatic nitrogens is 1. The maximum atomic E-state index is 13.3. The minimum atomic E-state index is -0.665. The molecule has 0 radical (unpaired) electrons. The van der Waals surface area contributed by atoms with Gasteiger partial charge in [-0.3, -0.25) is 9.59 Å². The topological polar surface area (TPSA) is 77.5 Å². The number of nitrogens with zero attached hydrogens (tertiary/aromatic N) is 1. The van der Waals surface area contributed by atoms with Gasteiger partial charge in [-0.1, -0.05) is 35.3 Å². The Morgan fingerprint density at radius 3 is 2.72 bits per heavy atom. The molecule has 0 saturated carbocycles. The van der Waals surface area contributed by atoms with Crippen molar-refractivity contribution in [3.8, 4) is 5.75 Å². The van der Waals surface area contributed by atoms with Gasteiger partial charge in [-0.15, -0.1) is 0 Å². The Bertz CT molecular complexity index is 774. The van der Waals surface area contributed by atoms with Crippen molar-refractivity contribution in [3.05, 3.63) is 52.4 Å². The van der Waals surface area contributed by atoms with Crippen LogP contribution in [0.15, 0.2) is 36.5 Å². The number of carbonyl (C=O) groups excluding carboxylic acids is 2. The molecule has 0 bridgehead atoms. The summed E-state index contributed by atoms with van der Waals surface area (Å²) in [6, 6.07) is 7.23. The van der Waals surface area contributed by atoms with Crippen molar-refractivity contribution < 1.29 is 23.5 Å². The third kappa shape index (κ3) is 6.21. The van der Waals surface area contributed by atoms with Crippen molar-refractivity contribution in [2.75, 3.05) is 18.5 Å². The van der Waals surface area contributed by atoms with Gasteiger partial charge in [-0.2, -0.15) is 0 Å². The van der Waals surface area contributed by atoms with E-state index in [4.69, 9.17) is 32.7 Å². The Kier molecular flexibility index (Phi) is 6.97. The van der Waals surface area contributed by atoms with Crippen molar-refractivity contribution in [2.45, 2.75) is 6.42 Å². The van der Waals surface area contributed by atoms with Crippen LogP contribution in [0, 0.1) is 5.82 Å². The van der Waals surface area contributed by atoms with Crippen LogP contribution in [-0.4, -0.2) is 30.1 Å². The van der Waals surface area contributed by atoms with Crippen LogP contribution in [-0.2, 0) is 14.3 Å². The van der Waals surface area contributed by atoms with E-state index in [9.17, 15) is 14.0 Å². The largest absolute Gasteiger partial charge is 0.490 e. The van der Waals surface area contributed by atoms with Crippen LogP contribution in [0.3, 0.4) is 0 Å². The number of halogens is 3. The van der Waals surface area contributed by atoms with Crippen molar-refractivity contribution >= 4 is 40.9 Å². The summed E-state index contributed by atoms with van der Waals surface area (Å²) in [5.41, 5.74) is 0. The maximum absolute atomic E-state index is 13.3. The fraction of sp³-hybridized carbons (Fsp3) is 0.188.